The van der Waals surface area contributed by atoms with Crippen molar-refractivity contribution >= 4 is 31.9 Å². The van der Waals surface area contributed by atoms with Gasteiger partial charge in [0.25, 0.3) is 0 Å². The first kappa shape index (κ1) is 29.4. The third-order valence-electron chi connectivity index (χ3n) is 5.46. The predicted octanol–water partition coefficient (Wildman–Crippen LogP) is 10.2. The van der Waals surface area contributed by atoms with Crippen molar-refractivity contribution in [1.29, 1.82) is 0 Å². The number of rotatable bonds is 21. The van der Waals surface area contributed by atoms with Gasteiger partial charge in [-0.2, -0.15) is 0 Å². The summed E-state index contributed by atoms with van der Waals surface area (Å²) in [4.78, 5) is 0. The Morgan fingerprint density at radius 3 is 0.846 bits per heavy atom. The van der Waals surface area contributed by atoms with E-state index in [4.69, 9.17) is 0 Å². The fourth-order valence-electron chi connectivity index (χ4n) is 3.68. The summed E-state index contributed by atoms with van der Waals surface area (Å²) < 4.78 is 0. The number of hydrogen-bond acceptors (Lipinski definition) is 0. The zero-order chi connectivity index (χ0) is 18.4. The summed E-state index contributed by atoms with van der Waals surface area (Å²) in [6.45, 7) is 7.12. The molecule has 0 aliphatic carbocycles. The van der Waals surface area contributed by atoms with Gasteiger partial charge >= 0.3 is 0 Å². The fraction of sp³-hybridized carbons (Fsp3) is 1.00. The van der Waals surface area contributed by atoms with Gasteiger partial charge in [-0.05, 0) is 25.9 Å². The van der Waals surface area contributed by atoms with E-state index in [1.165, 1.54) is 135 Å². The highest BCUT2D eigenvalue weighted by molar-refractivity contribution is 14.0. The predicted molar refractivity (Wildman–Crippen MR) is 137 cm³/mol. The highest BCUT2D eigenvalue weighted by Crippen LogP contribution is 2.26. The summed E-state index contributed by atoms with van der Waals surface area (Å²) in [5, 5.41) is 0. The van der Waals surface area contributed by atoms with Crippen molar-refractivity contribution in [2.75, 3.05) is 19.5 Å². The number of hydrogen-bond donors (Lipinski definition) is 0. The molecule has 0 radical (unpaired) electrons. The van der Waals surface area contributed by atoms with Crippen molar-refractivity contribution in [3.63, 3.8) is 0 Å². The molecule has 0 aliphatic heterocycles. The average Bonchev–Trinajstić information content (AvgIpc) is 2.60. The molecule has 0 N–H and O–H groups in total. The van der Waals surface area contributed by atoms with Crippen LogP contribution in [-0.2, 0) is 0 Å². The molecule has 0 atom stereocenters. The minimum Gasteiger partial charge on any atom is -0.113 e. The first-order valence-corrected chi connectivity index (χ1v) is 14.3. The lowest BCUT2D eigenvalue weighted by Crippen LogP contribution is -1.85. The summed E-state index contributed by atoms with van der Waals surface area (Å²) in [5.41, 5.74) is 0. The average molecular weight is 499 g/mol. The molecule has 0 aromatic heterocycles. The fourth-order valence-corrected chi connectivity index (χ4v) is 4.54. The molecule has 0 saturated heterocycles. The van der Waals surface area contributed by atoms with E-state index >= 15 is 0 Å². The van der Waals surface area contributed by atoms with Crippen LogP contribution in [0.2, 0.25) is 0 Å². The van der Waals surface area contributed by atoms with Gasteiger partial charge in [0.2, 0.25) is 0 Å². The van der Waals surface area contributed by atoms with Crippen LogP contribution in [-0.4, -0.2) is 19.5 Å². The molecule has 0 aromatic carbocycles. The Morgan fingerprint density at radius 2 is 0.615 bits per heavy atom. The lowest BCUT2D eigenvalue weighted by atomic mass is 10.0. The maximum Gasteiger partial charge on any atom is -0.0331 e. The van der Waals surface area contributed by atoms with E-state index in [1.807, 2.05) is 0 Å². The van der Waals surface area contributed by atoms with Crippen LogP contribution < -0.4 is 0 Å². The lowest BCUT2D eigenvalue weighted by molar-refractivity contribution is 0.523. The van der Waals surface area contributed by atoms with Crippen LogP contribution in [0.25, 0.3) is 0 Å². The zero-order valence-corrected chi connectivity index (χ0v) is 21.9. The van der Waals surface area contributed by atoms with Crippen LogP contribution >= 0.6 is 31.9 Å². The lowest BCUT2D eigenvalue weighted by Gasteiger charge is -2.05. The van der Waals surface area contributed by atoms with Gasteiger partial charge in [-0.3, -0.25) is 0 Å². The molecular formula is C24H52IP. The first-order valence-electron chi connectivity index (χ1n) is 11.9. The summed E-state index contributed by atoms with van der Waals surface area (Å²) in [6, 6.07) is 0. The monoisotopic (exact) mass is 498 g/mol. The normalized spacial score (nSPS) is 11.1. The molecule has 0 spiro atoms. The molecule has 0 unspecified atom stereocenters. The molecule has 0 bridgehead atoms. The van der Waals surface area contributed by atoms with Crippen molar-refractivity contribution in [3.05, 3.63) is 0 Å². The van der Waals surface area contributed by atoms with E-state index in [9.17, 15) is 0 Å². The summed E-state index contributed by atoms with van der Waals surface area (Å²) >= 11 is 0. The Hall–Kier alpha value is 1.16. The second-order valence-electron chi connectivity index (χ2n) is 8.52. The van der Waals surface area contributed by atoms with Crippen LogP contribution in [0.5, 0.6) is 0 Å². The SMILES string of the molecule is CCCCCCCCCCCCCCCCCCCCCCP(C)C.I. The smallest absolute Gasteiger partial charge is 0.0331 e. The van der Waals surface area contributed by atoms with E-state index in [0.717, 1.165) is 0 Å². The maximum absolute atomic E-state index is 2.41. The van der Waals surface area contributed by atoms with Gasteiger partial charge in [-0.25, -0.2) is 0 Å². The van der Waals surface area contributed by atoms with Crippen LogP contribution in [0.1, 0.15) is 135 Å². The minimum absolute atomic E-state index is 0. The highest BCUT2D eigenvalue weighted by Gasteiger charge is 1.96. The standard InChI is InChI=1S/C24H51P.HI/c1-4-5-6-7-8-9-10-11-12-13-14-15-16-17-18-19-20-21-22-23-24-25(2)3;/h4-24H2,1-3H3;1H. The van der Waals surface area contributed by atoms with Crippen molar-refractivity contribution in [1.82, 2.24) is 0 Å². The van der Waals surface area contributed by atoms with E-state index in [-0.39, 0.29) is 24.0 Å². The molecule has 0 amide bonds. The van der Waals surface area contributed by atoms with Gasteiger partial charge in [-0.1, -0.05) is 129 Å². The van der Waals surface area contributed by atoms with E-state index < -0.39 is 0 Å². The molecule has 0 heterocycles. The van der Waals surface area contributed by atoms with Crippen LogP contribution in [0.15, 0.2) is 0 Å². The van der Waals surface area contributed by atoms with Gasteiger partial charge in [0.1, 0.15) is 0 Å². The van der Waals surface area contributed by atoms with Crippen LogP contribution in [0, 0.1) is 0 Å². The molecule has 160 valence electrons. The topological polar surface area (TPSA) is 0 Å². The van der Waals surface area contributed by atoms with Gasteiger partial charge < -0.3 is 0 Å². The molecule has 0 rings (SSSR count). The Balaban J connectivity index is 0. The Kier molecular flexibility index (Phi) is 29.5. The van der Waals surface area contributed by atoms with E-state index in [0.29, 0.717) is 7.92 Å². The largest absolute Gasteiger partial charge is 0.113 e. The van der Waals surface area contributed by atoms with E-state index in [1.54, 1.807) is 0 Å². The van der Waals surface area contributed by atoms with Crippen molar-refractivity contribution < 1.29 is 0 Å². The van der Waals surface area contributed by atoms with Gasteiger partial charge in [-0.15, -0.1) is 31.9 Å². The van der Waals surface area contributed by atoms with E-state index in [2.05, 4.69) is 20.3 Å². The number of halogens is 1. The molecule has 0 aliphatic rings. The Bertz CT molecular complexity index is 230. The molecule has 0 nitrogen and oxygen atoms in total. The first-order chi connectivity index (χ1) is 12.3. The zero-order valence-electron chi connectivity index (χ0n) is 18.7. The van der Waals surface area contributed by atoms with Gasteiger partial charge in [0, 0.05) is 0 Å². The maximum atomic E-state index is 2.41. The molecular weight excluding hydrogens is 446 g/mol. The van der Waals surface area contributed by atoms with Crippen LogP contribution in [0.3, 0.4) is 0 Å². The third-order valence-corrected chi connectivity index (χ3v) is 6.67. The van der Waals surface area contributed by atoms with Crippen molar-refractivity contribution in [3.8, 4) is 0 Å². The summed E-state index contributed by atoms with van der Waals surface area (Å²) in [5.74, 6) is 0. The Morgan fingerprint density at radius 1 is 0.385 bits per heavy atom. The molecule has 0 aromatic rings. The highest BCUT2D eigenvalue weighted by atomic mass is 127. The minimum atomic E-state index is 0. The summed E-state index contributed by atoms with van der Waals surface area (Å²) in [7, 11) is 0.354. The Labute approximate surface area is 186 Å². The quantitative estimate of drug-likeness (QED) is 0.0839. The molecule has 2 heteroatoms. The summed E-state index contributed by atoms with van der Waals surface area (Å²) in [6.07, 6.45) is 31.1. The third kappa shape index (κ3) is 27.4. The van der Waals surface area contributed by atoms with Crippen LogP contribution in [0.4, 0.5) is 0 Å². The second kappa shape index (κ2) is 26.2. The number of unbranched alkanes of at least 4 members (excludes halogenated alkanes) is 19. The van der Waals surface area contributed by atoms with Crippen molar-refractivity contribution in [2.24, 2.45) is 0 Å². The molecule has 0 saturated carbocycles. The molecule has 26 heavy (non-hydrogen) atoms. The second-order valence-corrected chi connectivity index (χ2v) is 11.1. The van der Waals surface area contributed by atoms with Gasteiger partial charge in [0.15, 0.2) is 0 Å². The molecule has 0 fully saturated rings. The van der Waals surface area contributed by atoms with Crippen molar-refractivity contribution in [2.45, 2.75) is 135 Å². The van der Waals surface area contributed by atoms with Gasteiger partial charge in [0.05, 0.1) is 0 Å².